The van der Waals surface area contributed by atoms with Crippen molar-refractivity contribution in [3.63, 3.8) is 0 Å². The van der Waals surface area contributed by atoms with Gasteiger partial charge in [-0.2, -0.15) is 0 Å². The number of hydrogen-bond acceptors (Lipinski definition) is 0. The van der Waals surface area contributed by atoms with Crippen molar-refractivity contribution < 1.29 is 47.6 Å². The molecular weight excluding hydrogens is 663 g/mol. The molecule has 5 heteroatoms. The summed E-state index contributed by atoms with van der Waals surface area (Å²) < 4.78 is 2.10. The minimum Gasteiger partial charge on any atom is -1.00 e. The summed E-state index contributed by atoms with van der Waals surface area (Å²) in [6.45, 7) is 15.3. The molecule has 1 atom stereocenters. The minimum atomic E-state index is -1.63. The Morgan fingerprint density at radius 3 is 1.71 bits per heavy atom. The first-order valence-electron chi connectivity index (χ1n) is 14.6. The molecule has 0 nitrogen and oxygen atoms in total. The van der Waals surface area contributed by atoms with Crippen LogP contribution in [0.3, 0.4) is 0 Å². The predicted molar refractivity (Wildman–Crippen MR) is 178 cm³/mol. The van der Waals surface area contributed by atoms with Gasteiger partial charge in [-0.25, -0.2) is 0 Å². The molecule has 0 aliphatic heterocycles. The van der Waals surface area contributed by atoms with Crippen molar-refractivity contribution in [3.05, 3.63) is 137 Å². The summed E-state index contributed by atoms with van der Waals surface area (Å²) in [5.74, 6) is 0. The molecule has 4 aromatic carbocycles. The molecule has 0 saturated heterocycles. The standard InChI is InChI=1S/C24H29Si2.C13H10.2ClH.Zr/c1-25(2,3)21-16-22(26(4,5)6)24-19-14-10-9-13-18(19)15-20(24)23(21)17-11-7-8-12-17;1-3-7-12(8-4-1)11-13-9-5-2-6-10-13;;;/h7-11,13-16H,12H2,1-6H3;1-10H;2*1H;/q;;;;+2/p-2. The summed E-state index contributed by atoms with van der Waals surface area (Å²) in [6.07, 6.45) is 8.10. The molecule has 42 heavy (non-hydrogen) atoms. The largest absolute Gasteiger partial charge is 1.00 e. The molecule has 0 aromatic heterocycles. The smallest absolute Gasteiger partial charge is 1.00 e. The van der Waals surface area contributed by atoms with Crippen molar-refractivity contribution in [1.29, 1.82) is 0 Å². The van der Waals surface area contributed by atoms with Crippen molar-refractivity contribution in [2.45, 2.75) is 49.3 Å². The topological polar surface area (TPSA) is 0 Å². The van der Waals surface area contributed by atoms with Gasteiger partial charge in [0.2, 0.25) is 0 Å². The van der Waals surface area contributed by atoms with Gasteiger partial charge in [0.15, 0.2) is 0 Å². The number of halogens is 2. The first-order chi connectivity index (χ1) is 19.1. The molecule has 0 N–H and O–H groups in total. The van der Waals surface area contributed by atoms with Gasteiger partial charge in [-0.3, -0.25) is 0 Å². The molecule has 0 amide bonds. The van der Waals surface area contributed by atoms with Gasteiger partial charge in [-0.15, -0.1) is 0 Å². The zero-order valence-electron chi connectivity index (χ0n) is 25.4. The SMILES string of the molecule is C[Si](C)(C)c1cc([Si](C)(C)C)c2c(c1C1=CC=CC1)[CH]([Zr+2]=[C](c1ccccc1)c1ccccc1)c1ccccc1-2.[Cl-].[Cl-]. The summed E-state index contributed by atoms with van der Waals surface area (Å²) in [5, 5.41) is 3.35. The molecule has 6 rings (SSSR count). The maximum Gasteiger partial charge on any atom is -1.00 e. The van der Waals surface area contributed by atoms with Gasteiger partial charge in [0, 0.05) is 0 Å². The second-order valence-corrected chi connectivity index (χ2v) is 26.7. The van der Waals surface area contributed by atoms with Crippen LogP contribution in [0.1, 0.15) is 37.9 Å². The van der Waals surface area contributed by atoms with Gasteiger partial charge in [0.05, 0.1) is 0 Å². The van der Waals surface area contributed by atoms with Crippen LogP contribution in [0.4, 0.5) is 0 Å². The Kier molecular flexibility index (Phi) is 10.2. The van der Waals surface area contributed by atoms with Crippen molar-refractivity contribution >= 4 is 35.3 Å². The normalized spacial score (nSPS) is 15.1. The van der Waals surface area contributed by atoms with E-state index in [9.17, 15) is 0 Å². The van der Waals surface area contributed by atoms with E-state index in [0.717, 1.165) is 6.42 Å². The van der Waals surface area contributed by atoms with E-state index < -0.39 is 38.9 Å². The molecule has 0 heterocycles. The number of fused-ring (bicyclic) bond motifs is 3. The summed E-state index contributed by atoms with van der Waals surface area (Å²) in [6, 6.07) is 34.6. The van der Waals surface area contributed by atoms with Crippen LogP contribution in [0.5, 0.6) is 0 Å². The average Bonchev–Trinajstić information content (AvgIpc) is 3.58. The Morgan fingerprint density at radius 2 is 1.19 bits per heavy atom. The Hall–Kier alpha value is -1.87. The van der Waals surface area contributed by atoms with Gasteiger partial charge in [-0.05, 0) is 0 Å². The van der Waals surface area contributed by atoms with Crippen LogP contribution in [0.25, 0.3) is 16.7 Å². The van der Waals surface area contributed by atoms with Gasteiger partial charge in [0.1, 0.15) is 0 Å². The molecule has 2 aliphatic carbocycles. The van der Waals surface area contributed by atoms with Crippen LogP contribution in [0.15, 0.2) is 109 Å². The van der Waals surface area contributed by atoms with E-state index >= 15 is 0 Å². The first kappa shape index (κ1) is 33.0. The number of benzene rings is 4. The van der Waals surface area contributed by atoms with Crippen LogP contribution in [-0.4, -0.2) is 19.4 Å². The fraction of sp³-hybridized carbons (Fsp3) is 0.216. The van der Waals surface area contributed by atoms with E-state index in [1.807, 2.05) is 0 Å². The molecule has 0 radical (unpaired) electrons. The molecule has 0 fully saturated rings. The van der Waals surface area contributed by atoms with Crippen LogP contribution in [0.2, 0.25) is 39.3 Å². The molecule has 0 bridgehead atoms. The van der Waals surface area contributed by atoms with Gasteiger partial charge < -0.3 is 24.8 Å². The predicted octanol–water partition coefficient (Wildman–Crippen LogP) is 2.55. The number of allylic oxidation sites excluding steroid dienone is 4. The quantitative estimate of drug-likeness (QED) is 0.272. The maximum atomic E-state index is 2.70. The summed E-state index contributed by atoms with van der Waals surface area (Å²) in [4.78, 5) is 0. The third kappa shape index (κ3) is 6.19. The van der Waals surface area contributed by atoms with Crippen LogP contribution < -0.4 is 35.2 Å². The molecule has 1 unspecified atom stereocenters. The van der Waals surface area contributed by atoms with Crippen molar-refractivity contribution in [2.75, 3.05) is 0 Å². The Bertz CT molecular complexity index is 1630. The Morgan fingerprint density at radius 1 is 0.667 bits per heavy atom. The van der Waals surface area contributed by atoms with E-state index in [1.54, 1.807) is 35.8 Å². The Labute approximate surface area is 278 Å². The van der Waals surface area contributed by atoms with Gasteiger partial charge in [-0.1, -0.05) is 0 Å². The second-order valence-electron chi connectivity index (χ2n) is 13.2. The van der Waals surface area contributed by atoms with Crippen molar-refractivity contribution in [1.82, 2.24) is 0 Å². The monoisotopic (exact) mass is 699 g/mol. The zero-order valence-corrected chi connectivity index (χ0v) is 31.4. The maximum absolute atomic E-state index is 2.70. The van der Waals surface area contributed by atoms with Gasteiger partial charge in [0.25, 0.3) is 0 Å². The molecule has 2 aliphatic rings. The van der Waals surface area contributed by atoms with Crippen LogP contribution in [0, 0.1) is 0 Å². The average molecular weight is 702 g/mol. The van der Waals surface area contributed by atoms with E-state index in [1.165, 1.54) is 22.3 Å². The van der Waals surface area contributed by atoms with Crippen LogP contribution in [-0.2, 0) is 22.8 Å². The fourth-order valence-electron chi connectivity index (χ4n) is 6.41. The fourth-order valence-corrected chi connectivity index (χ4v) is 14.2. The summed E-state index contributed by atoms with van der Waals surface area (Å²) in [7, 11) is -3.26. The van der Waals surface area contributed by atoms with E-state index in [0.29, 0.717) is 3.63 Å². The molecule has 213 valence electrons. The Balaban J connectivity index is 0.00000202. The molecular formula is C37H39Cl2Si2Zr. The molecule has 0 spiro atoms. The van der Waals surface area contributed by atoms with E-state index in [-0.39, 0.29) is 24.8 Å². The van der Waals surface area contributed by atoms with Crippen molar-refractivity contribution in [3.8, 4) is 11.1 Å². The summed E-state index contributed by atoms with van der Waals surface area (Å²) >= 11 is -1.18. The third-order valence-electron chi connectivity index (χ3n) is 8.32. The molecule has 4 aromatic rings. The minimum absolute atomic E-state index is 0. The van der Waals surface area contributed by atoms with Crippen molar-refractivity contribution in [2.24, 2.45) is 0 Å². The van der Waals surface area contributed by atoms with E-state index in [2.05, 4.69) is 149 Å². The van der Waals surface area contributed by atoms with Gasteiger partial charge >= 0.3 is 256 Å². The van der Waals surface area contributed by atoms with Crippen LogP contribution >= 0.6 is 0 Å². The third-order valence-corrected chi connectivity index (χ3v) is 16.7. The summed E-state index contributed by atoms with van der Waals surface area (Å²) in [5.41, 5.74) is 12.3. The zero-order chi connectivity index (χ0) is 28.1. The second kappa shape index (κ2) is 13.0. The number of hydrogen-bond donors (Lipinski definition) is 0. The van der Waals surface area contributed by atoms with E-state index in [4.69, 9.17) is 0 Å². The number of rotatable bonds is 6. The molecule has 0 saturated carbocycles. The first-order valence-corrected chi connectivity index (χ1v) is 24.2.